The Hall–Kier alpha value is -1.26. The molecule has 0 aliphatic carbocycles. The largest absolute Gasteiger partial charge is 0.394 e. The van der Waals surface area contributed by atoms with Crippen molar-refractivity contribution in [2.45, 2.75) is 30.7 Å². The van der Waals surface area contributed by atoms with E-state index in [9.17, 15) is 15.3 Å². The molecule has 21 heavy (non-hydrogen) atoms. The highest BCUT2D eigenvalue weighted by atomic mass is 16.8. The van der Waals surface area contributed by atoms with E-state index in [0.29, 0.717) is 0 Å². The molecule has 1 aromatic rings. The highest BCUT2D eigenvalue weighted by Crippen LogP contribution is 2.21. The van der Waals surface area contributed by atoms with E-state index in [2.05, 4.69) is 5.59 Å². The first kappa shape index (κ1) is 16.1. The summed E-state index contributed by atoms with van der Waals surface area (Å²) in [5.74, 6) is 0. The van der Waals surface area contributed by atoms with E-state index in [1.54, 1.807) is 12.1 Å². The van der Waals surface area contributed by atoms with Crippen LogP contribution in [0.2, 0.25) is 0 Å². The maximum absolute atomic E-state index is 9.80. The van der Waals surface area contributed by atoms with Crippen molar-refractivity contribution >= 4 is 5.69 Å². The van der Waals surface area contributed by atoms with E-state index in [0.717, 1.165) is 5.69 Å². The molecule has 0 amide bonds. The van der Waals surface area contributed by atoms with Gasteiger partial charge in [0.2, 0.25) is 6.29 Å². The number of aliphatic hydroxyl groups is 4. The van der Waals surface area contributed by atoms with E-state index >= 15 is 0 Å². The summed E-state index contributed by atoms with van der Waals surface area (Å²) in [6, 6.07) is 9.24. The molecule has 1 heterocycles. The minimum absolute atomic E-state index is 0.501. The summed E-state index contributed by atoms with van der Waals surface area (Å²) >= 11 is 0. The Kier molecular flexibility index (Phi) is 5.48. The predicted octanol–water partition coefficient (Wildman–Crippen LogP) is -1.64. The van der Waals surface area contributed by atoms with Crippen LogP contribution in [-0.4, -0.2) is 64.8 Å². The van der Waals surface area contributed by atoms with E-state index in [4.69, 9.17) is 14.7 Å². The highest BCUT2D eigenvalue weighted by molar-refractivity contribution is 5.43. The fourth-order valence-electron chi connectivity index (χ4n) is 2.00. The lowest BCUT2D eigenvalue weighted by Crippen LogP contribution is -2.60. The number of hydrogen-bond acceptors (Lipinski definition) is 8. The van der Waals surface area contributed by atoms with Crippen LogP contribution < -0.4 is 10.6 Å². The summed E-state index contributed by atoms with van der Waals surface area (Å²) in [5.41, 5.74) is 3.36. The smallest absolute Gasteiger partial charge is 0.208 e. The third-order valence-electron chi connectivity index (χ3n) is 3.30. The van der Waals surface area contributed by atoms with Crippen LogP contribution in [0.25, 0.3) is 0 Å². The Bertz CT molecular complexity index is 432. The number of rotatable bonds is 5. The third-order valence-corrected chi connectivity index (χ3v) is 3.30. The molecule has 0 spiro atoms. The molecule has 5 unspecified atom stereocenters. The summed E-state index contributed by atoms with van der Waals surface area (Å²) in [5, 5.41) is 39.7. The number of aliphatic hydroxyl groups excluding tert-OH is 4. The topological polar surface area (TPSA) is 115 Å². The van der Waals surface area contributed by atoms with Crippen molar-refractivity contribution in [1.29, 1.82) is 0 Å². The molecule has 5 atom stereocenters. The van der Waals surface area contributed by atoms with Crippen molar-refractivity contribution in [2.75, 3.05) is 18.7 Å². The molecular formula is C13H20N2O6. The van der Waals surface area contributed by atoms with E-state index in [1.807, 2.05) is 30.3 Å². The van der Waals surface area contributed by atoms with Crippen molar-refractivity contribution < 1.29 is 30.0 Å². The molecule has 1 fully saturated rings. The standard InChI is InChI=1S/C13H20N2O6/c1-15(8-5-3-2-4-6-8)14-21-13-12(19)11(18)10(17)9(7-16)20-13/h2-6,9-14,16-19H,7H2,1H3. The van der Waals surface area contributed by atoms with Gasteiger partial charge in [0.15, 0.2) is 0 Å². The van der Waals surface area contributed by atoms with Crippen LogP contribution in [0.3, 0.4) is 0 Å². The number of anilines is 1. The van der Waals surface area contributed by atoms with Gasteiger partial charge < -0.3 is 25.2 Å². The molecule has 1 saturated heterocycles. The lowest BCUT2D eigenvalue weighted by molar-refractivity contribution is -0.316. The van der Waals surface area contributed by atoms with Gasteiger partial charge in [-0.05, 0) is 12.1 Å². The summed E-state index contributed by atoms with van der Waals surface area (Å²) in [6.07, 6.45) is -6.55. The molecule has 0 saturated carbocycles. The van der Waals surface area contributed by atoms with Gasteiger partial charge in [-0.15, -0.1) is 5.59 Å². The van der Waals surface area contributed by atoms with Gasteiger partial charge in [0.25, 0.3) is 0 Å². The molecule has 2 rings (SSSR count). The second-order valence-electron chi connectivity index (χ2n) is 4.80. The van der Waals surface area contributed by atoms with Crippen LogP contribution in [0.15, 0.2) is 30.3 Å². The van der Waals surface area contributed by atoms with Crippen LogP contribution in [0.5, 0.6) is 0 Å². The van der Waals surface area contributed by atoms with Crippen LogP contribution in [-0.2, 0) is 9.57 Å². The van der Waals surface area contributed by atoms with Crippen molar-refractivity contribution in [2.24, 2.45) is 0 Å². The predicted molar refractivity (Wildman–Crippen MR) is 72.8 cm³/mol. The van der Waals surface area contributed by atoms with Gasteiger partial charge >= 0.3 is 0 Å². The van der Waals surface area contributed by atoms with Crippen molar-refractivity contribution in [1.82, 2.24) is 5.59 Å². The summed E-state index contributed by atoms with van der Waals surface area (Å²) in [4.78, 5) is 5.18. The molecule has 0 aromatic heterocycles. The van der Waals surface area contributed by atoms with Gasteiger partial charge in [0.1, 0.15) is 24.4 Å². The quantitative estimate of drug-likeness (QED) is 0.411. The molecule has 0 bridgehead atoms. The molecule has 1 aliphatic rings. The fourth-order valence-corrected chi connectivity index (χ4v) is 2.00. The maximum Gasteiger partial charge on any atom is 0.208 e. The van der Waals surface area contributed by atoms with Crippen molar-refractivity contribution in [3.05, 3.63) is 30.3 Å². The monoisotopic (exact) mass is 300 g/mol. The van der Waals surface area contributed by atoms with Crippen LogP contribution >= 0.6 is 0 Å². The SMILES string of the molecule is CN(NOC1OC(CO)C(O)C(O)C1O)c1ccccc1. The average molecular weight is 300 g/mol. The lowest BCUT2D eigenvalue weighted by atomic mass is 9.99. The Morgan fingerprint density at radius 3 is 2.43 bits per heavy atom. The van der Waals surface area contributed by atoms with Crippen LogP contribution in [0.4, 0.5) is 5.69 Å². The lowest BCUT2D eigenvalue weighted by Gasteiger charge is -2.39. The average Bonchev–Trinajstić information content (AvgIpc) is 2.52. The second kappa shape index (κ2) is 7.14. The van der Waals surface area contributed by atoms with E-state index in [-0.39, 0.29) is 0 Å². The zero-order valence-corrected chi connectivity index (χ0v) is 11.5. The zero-order valence-electron chi connectivity index (χ0n) is 11.5. The Labute approximate surface area is 122 Å². The molecular weight excluding hydrogens is 280 g/mol. The number of hydrogen-bond donors (Lipinski definition) is 5. The summed E-state index contributed by atoms with van der Waals surface area (Å²) in [6.45, 7) is -0.501. The van der Waals surface area contributed by atoms with Gasteiger partial charge in [-0.3, -0.25) is 5.01 Å². The van der Waals surface area contributed by atoms with Crippen molar-refractivity contribution in [3.8, 4) is 0 Å². The van der Waals surface area contributed by atoms with Crippen molar-refractivity contribution in [3.63, 3.8) is 0 Å². The molecule has 1 aliphatic heterocycles. The number of nitrogens with zero attached hydrogens (tertiary/aromatic N) is 1. The second-order valence-corrected chi connectivity index (χ2v) is 4.80. The van der Waals surface area contributed by atoms with E-state index < -0.39 is 37.3 Å². The first-order chi connectivity index (χ1) is 10.0. The molecule has 0 radical (unpaired) electrons. The van der Waals surface area contributed by atoms with E-state index in [1.165, 1.54) is 0 Å². The number of benzene rings is 1. The fraction of sp³-hybridized carbons (Fsp3) is 0.538. The number of nitrogens with one attached hydrogen (secondary N) is 1. The molecule has 118 valence electrons. The molecule has 5 N–H and O–H groups in total. The minimum atomic E-state index is -1.47. The van der Waals surface area contributed by atoms with Crippen LogP contribution in [0.1, 0.15) is 0 Å². The van der Waals surface area contributed by atoms with Gasteiger partial charge in [-0.1, -0.05) is 18.2 Å². The van der Waals surface area contributed by atoms with Gasteiger partial charge in [0.05, 0.1) is 12.3 Å². The summed E-state index contributed by atoms with van der Waals surface area (Å²) in [7, 11) is 1.69. The van der Waals surface area contributed by atoms with Crippen LogP contribution in [0, 0.1) is 0 Å². The Morgan fingerprint density at radius 2 is 1.81 bits per heavy atom. The Balaban J connectivity index is 1.93. The van der Waals surface area contributed by atoms with Gasteiger partial charge in [-0.2, -0.15) is 0 Å². The Morgan fingerprint density at radius 1 is 1.14 bits per heavy atom. The van der Waals surface area contributed by atoms with Gasteiger partial charge in [0, 0.05) is 7.05 Å². The number of para-hydroxylation sites is 1. The molecule has 8 heteroatoms. The third kappa shape index (κ3) is 3.69. The normalized spacial score (nSPS) is 32.9. The minimum Gasteiger partial charge on any atom is -0.394 e. The highest BCUT2D eigenvalue weighted by Gasteiger charge is 2.44. The first-order valence-corrected chi connectivity index (χ1v) is 6.55. The first-order valence-electron chi connectivity index (χ1n) is 6.55. The molecule has 8 nitrogen and oxygen atoms in total. The maximum atomic E-state index is 9.80. The summed E-state index contributed by atoms with van der Waals surface area (Å²) < 4.78 is 5.20. The molecule has 1 aromatic carbocycles. The van der Waals surface area contributed by atoms with Gasteiger partial charge in [-0.25, -0.2) is 4.84 Å². The zero-order chi connectivity index (χ0) is 15.4. The number of hydrazine groups is 1. The number of ether oxygens (including phenoxy) is 1.